The molecular weight excluding hydrogens is 276 g/mol. The molecule has 118 valence electrons. The standard InChI is InChI=1S/C18H24N2O2/c1-13-6-11-16(18(21)22)19-17(13)15-9-7-14(8-10-15)5-4-12-20(2)3/h7-10,13,16-17,19H,6,11-12H2,1-3H3,(H,21,22). The van der Waals surface area contributed by atoms with E-state index >= 15 is 0 Å². The van der Waals surface area contributed by atoms with Crippen LogP contribution in [0.1, 0.15) is 36.9 Å². The lowest BCUT2D eigenvalue weighted by molar-refractivity contribution is -0.140. The van der Waals surface area contributed by atoms with Crippen LogP contribution in [0.3, 0.4) is 0 Å². The van der Waals surface area contributed by atoms with E-state index in [0.717, 1.165) is 24.1 Å². The summed E-state index contributed by atoms with van der Waals surface area (Å²) in [4.78, 5) is 13.2. The van der Waals surface area contributed by atoms with Crippen molar-refractivity contribution in [2.45, 2.75) is 31.8 Å². The second-order valence-corrected chi connectivity index (χ2v) is 6.25. The Hall–Kier alpha value is -1.83. The number of rotatable bonds is 3. The molecule has 3 unspecified atom stereocenters. The fraction of sp³-hybridized carbons (Fsp3) is 0.500. The lowest BCUT2D eigenvalue weighted by Crippen LogP contribution is -2.45. The number of nitrogens with zero attached hydrogens (tertiary/aromatic N) is 1. The van der Waals surface area contributed by atoms with Gasteiger partial charge in [0.1, 0.15) is 6.04 Å². The highest BCUT2D eigenvalue weighted by atomic mass is 16.4. The summed E-state index contributed by atoms with van der Waals surface area (Å²) in [6.07, 6.45) is 1.63. The molecule has 0 saturated carbocycles. The average molecular weight is 300 g/mol. The van der Waals surface area contributed by atoms with Crippen LogP contribution in [0, 0.1) is 17.8 Å². The first-order valence-corrected chi connectivity index (χ1v) is 7.70. The summed E-state index contributed by atoms with van der Waals surface area (Å²) < 4.78 is 0. The number of nitrogens with one attached hydrogen (secondary N) is 1. The number of hydrogen-bond donors (Lipinski definition) is 2. The van der Waals surface area contributed by atoms with Gasteiger partial charge < -0.3 is 5.11 Å². The molecule has 1 aliphatic heterocycles. The average Bonchev–Trinajstić information content (AvgIpc) is 2.48. The Balaban J connectivity index is 2.08. The zero-order valence-electron chi connectivity index (χ0n) is 13.5. The van der Waals surface area contributed by atoms with E-state index in [0.29, 0.717) is 12.3 Å². The van der Waals surface area contributed by atoms with Crippen molar-refractivity contribution in [3.05, 3.63) is 35.4 Å². The van der Waals surface area contributed by atoms with Crippen molar-refractivity contribution in [3.8, 4) is 11.8 Å². The van der Waals surface area contributed by atoms with Gasteiger partial charge in [-0.05, 0) is 50.6 Å². The van der Waals surface area contributed by atoms with Crippen LogP contribution in [-0.4, -0.2) is 42.7 Å². The van der Waals surface area contributed by atoms with Crippen LogP contribution < -0.4 is 5.32 Å². The maximum absolute atomic E-state index is 11.2. The highest BCUT2D eigenvalue weighted by Crippen LogP contribution is 2.31. The van der Waals surface area contributed by atoms with Gasteiger partial charge in [0, 0.05) is 11.6 Å². The second-order valence-electron chi connectivity index (χ2n) is 6.25. The molecule has 0 amide bonds. The number of piperidine rings is 1. The van der Waals surface area contributed by atoms with Gasteiger partial charge in [0.05, 0.1) is 6.54 Å². The van der Waals surface area contributed by atoms with Crippen LogP contribution in [0.2, 0.25) is 0 Å². The van der Waals surface area contributed by atoms with Gasteiger partial charge in [-0.3, -0.25) is 15.0 Å². The molecule has 4 heteroatoms. The van der Waals surface area contributed by atoms with Crippen molar-refractivity contribution in [1.29, 1.82) is 0 Å². The molecule has 0 spiro atoms. The third kappa shape index (κ3) is 4.33. The van der Waals surface area contributed by atoms with Gasteiger partial charge in [0.2, 0.25) is 0 Å². The molecule has 0 aliphatic carbocycles. The molecule has 3 atom stereocenters. The molecular formula is C18H24N2O2. The molecule has 1 aromatic rings. The Morgan fingerprint density at radius 1 is 1.32 bits per heavy atom. The van der Waals surface area contributed by atoms with E-state index in [2.05, 4.69) is 36.2 Å². The first-order chi connectivity index (χ1) is 10.5. The first-order valence-electron chi connectivity index (χ1n) is 7.70. The van der Waals surface area contributed by atoms with Gasteiger partial charge in [0.25, 0.3) is 0 Å². The predicted molar refractivity (Wildman–Crippen MR) is 87.6 cm³/mol. The van der Waals surface area contributed by atoms with Gasteiger partial charge in [-0.15, -0.1) is 0 Å². The molecule has 1 heterocycles. The second kappa shape index (κ2) is 7.44. The van der Waals surface area contributed by atoms with Crippen LogP contribution >= 0.6 is 0 Å². The monoisotopic (exact) mass is 300 g/mol. The Kier molecular flexibility index (Phi) is 5.59. The quantitative estimate of drug-likeness (QED) is 0.840. The molecule has 1 aromatic carbocycles. The Morgan fingerprint density at radius 3 is 2.59 bits per heavy atom. The van der Waals surface area contributed by atoms with Gasteiger partial charge in [0.15, 0.2) is 0 Å². The summed E-state index contributed by atoms with van der Waals surface area (Å²) in [5, 5.41) is 12.4. The largest absolute Gasteiger partial charge is 0.480 e. The van der Waals surface area contributed by atoms with Gasteiger partial charge in [-0.2, -0.15) is 0 Å². The van der Waals surface area contributed by atoms with Crippen molar-refractivity contribution in [2.24, 2.45) is 5.92 Å². The van der Waals surface area contributed by atoms with E-state index in [1.54, 1.807) is 0 Å². The third-order valence-corrected chi connectivity index (χ3v) is 4.06. The van der Waals surface area contributed by atoms with Gasteiger partial charge in [-0.25, -0.2) is 0 Å². The number of carboxylic acid groups (broad SMARTS) is 1. The highest BCUT2D eigenvalue weighted by molar-refractivity contribution is 5.73. The molecule has 2 rings (SSSR count). The van der Waals surface area contributed by atoms with Gasteiger partial charge >= 0.3 is 5.97 Å². The Morgan fingerprint density at radius 2 is 2.00 bits per heavy atom. The maximum Gasteiger partial charge on any atom is 0.320 e. The summed E-state index contributed by atoms with van der Waals surface area (Å²) in [5.41, 5.74) is 2.13. The van der Waals surface area contributed by atoms with Crippen LogP contribution in [0.4, 0.5) is 0 Å². The normalized spacial score (nSPS) is 24.6. The molecule has 1 aliphatic rings. The fourth-order valence-corrected chi connectivity index (χ4v) is 2.75. The summed E-state index contributed by atoms with van der Waals surface area (Å²) in [7, 11) is 3.99. The van der Waals surface area contributed by atoms with Crippen LogP contribution in [0.15, 0.2) is 24.3 Å². The van der Waals surface area contributed by atoms with Crippen molar-refractivity contribution in [3.63, 3.8) is 0 Å². The molecule has 2 N–H and O–H groups in total. The third-order valence-electron chi connectivity index (χ3n) is 4.06. The van der Waals surface area contributed by atoms with Gasteiger partial charge in [-0.1, -0.05) is 30.9 Å². The van der Waals surface area contributed by atoms with Crippen LogP contribution in [-0.2, 0) is 4.79 Å². The minimum atomic E-state index is -0.761. The van der Waals surface area contributed by atoms with E-state index in [-0.39, 0.29) is 6.04 Å². The number of benzene rings is 1. The van der Waals surface area contributed by atoms with E-state index in [9.17, 15) is 9.90 Å². The van der Waals surface area contributed by atoms with Crippen LogP contribution in [0.5, 0.6) is 0 Å². The lowest BCUT2D eigenvalue weighted by atomic mass is 9.84. The number of hydrogen-bond acceptors (Lipinski definition) is 3. The van der Waals surface area contributed by atoms with Crippen molar-refractivity contribution < 1.29 is 9.90 Å². The number of aliphatic carboxylic acids is 1. The molecule has 1 saturated heterocycles. The Bertz CT molecular complexity index is 569. The first kappa shape index (κ1) is 16.5. The molecule has 0 bridgehead atoms. The fourth-order valence-electron chi connectivity index (χ4n) is 2.75. The lowest BCUT2D eigenvalue weighted by Gasteiger charge is -2.34. The molecule has 4 nitrogen and oxygen atoms in total. The predicted octanol–water partition coefficient (Wildman–Crippen LogP) is 2.11. The maximum atomic E-state index is 11.2. The van der Waals surface area contributed by atoms with Crippen molar-refractivity contribution in [2.75, 3.05) is 20.6 Å². The smallest absolute Gasteiger partial charge is 0.320 e. The molecule has 0 aromatic heterocycles. The van der Waals surface area contributed by atoms with Crippen molar-refractivity contribution >= 4 is 5.97 Å². The minimum Gasteiger partial charge on any atom is -0.480 e. The molecule has 0 radical (unpaired) electrons. The zero-order chi connectivity index (χ0) is 16.1. The minimum absolute atomic E-state index is 0.0960. The van der Waals surface area contributed by atoms with Crippen molar-refractivity contribution in [1.82, 2.24) is 10.2 Å². The summed E-state index contributed by atoms with van der Waals surface area (Å²) in [6.45, 7) is 2.91. The summed E-state index contributed by atoms with van der Waals surface area (Å²) in [6, 6.07) is 7.78. The van der Waals surface area contributed by atoms with E-state index in [1.165, 1.54) is 0 Å². The van der Waals surface area contributed by atoms with E-state index < -0.39 is 12.0 Å². The summed E-state index contributed by atoms with van der Waals surface area (Å²) >= 11 is 0. The zero-order valence-corrected chi connectivity index (χ0v) is 13.5. The number of carbonyl (C=O) groups is 1. The summed E-state index contributed by atoms with van der Waals surface area (Å²) in [5.74, 6) is 5.92. The Labute approximate surface area is 132 Å². The SMILES string of the molecule is CC1CCC(C(=O)O)NC1c1ccc(C#CCN(C)C)cc1. The van der Waals surface area contributed by atoms with Crippen LogP contribution in [0.25, 0.3) is 0 Å². The van der Waals surface area contributed by atoms with E-state index in [4.69, 9.17) is 0 Å². The molecule has 1 fully saturated rings. The highest BCUT2D eigenvalue weighted by Gasteiger charge is 2.31. The van der Waals surface area contributed by atoms with E-state index in [1.807, 2.05) is 31.1 Å². The number of carboxylic acids is 1. The molecule has 22 heavy (non-hydrogen) atoms. The topological polar surface area (TPSA) is 52.6 Å².